The monoisotopic (exact) mass is 270 g/mol. The van der Waals surface area contributed by atoms with Gasteiger partial charge < -0.3 is 10.4 Å². The molecule has 1 heterocycles. The molecule has 0 amide bonds. The summed E-state index contributed by atoms with van der Waals surface area (Å²) in [5.74, 6) is -0.619. The average Bonchev–Trinajstić information content (AvgIpc) is 2.28. The first-order chi connectivity index (χ1) is 8.43. The van der Waals surface area contributed by atoms with Crippen LogP contribution in [0, 0.1) is 6.92 Å². The summed E-state index contributed by atoms with van der Waals surface area (Å²) in [7, 11) is -0.863. The molecule has 0 aliphatic carbocycles. The number of aromatic carboxylic acids is 1. The Balaban J connectivity index is 2.71. The maximum absolute atomic E-state index is 11.2. The first-order valence-electron chi connectivity index (χ1n) is 5.68. The van der Waals surface area contributed by atoms with Crippen LogP contribution in [0.5, 0.6) is 0 Å². The highest BCUT2D eigenvalue weighted by Crippen LogP contribution is 2.16. The molecule has 2 unspecified atom stereocenters. The number of rotatable bonds is 6. The smallest absolute Gasteiger partial charge is 0.339 e. The molecule has 2 atom stereocenters. The van der Waals surface area contributed by atoms with E-state index in [1.54, 1.807) is 25.4 Å². The van der Waals surface area contributed by atoms with E-state index < -0.39 is 16.8 Å². The maximum atomic E-state index is 11.2. The average molecular weight is 270 g/mol. The van der Waals surface area contributed by atoms with Crippen LogP contribution in [-0.2, 0) is 10.8 Å². The van der Waals surface area contributed by atoms with E-state index in [2.05, 4.69) is 10.3 Å². The lowest BCUT2D eigenvalue weighted by molar-refractivity contribution is 0.0697. The number of nitrogens with zero attached hydrogens (tertiary/aromatic N) is 1. The van der Waals surface area contributed by atoms with Crippen LogP contribution in [0.25, 0.3) is 0 Å². The van der Waals surface area contributed by atoms with E-state index in [1.165, 1.54) is 0 Å². The fraction of sp³-hybridized carbons (Fsp3) is 0.500. The van der Waals surface area contributed by atoms with Gasteiger partial charge in [0.15, 0.2) is 0 Å². The summed E-state index contributed by atoms with van der Waals surface area (Å²) in [5.41, 5.74) is 0.870. The van der Waals surface area contributed by atoms with Crippen LogP contribution < -0.4 is 5.32 Å². The van der Waals surface area contributed by atoms with Gasteiger partial charge in [0, 0.05) is 35.0 Å². The third-order valence-electron chi connectivity index (χ3n) is 2.78. The van der Waals surface area contributed by atoms with Crippen LogP contribution >= 0.6 is 0 Å². The Hall–Kier alpha value is -1.43. The predicted molar refractivity (Wildman–Crippen MR) is 72.6 cm³/mol. The van der Waals surface area contributed by atoms with Gasteiger partial charge in [-0.3, -0.25) is 4.21 Å². The molecule has 0 saturated carbocycles. The largest absolute Gasteiger partial charge is 0.478 e. The van der Waals surface area contributed by atoms with Gasteiger partial charge in [-0.05, 0) is 25.0 Å². The van der Waals surface area contributed by atoms with Crippen LogP contribution in [-0.4, -0.2) is 38.3 Å². The zero-order chi connectivity index (χ0) is 13.7. The molecule has 0 aliphatic rings. The predicted octanol–water partition coefficient (Wildman–Crippen LogP) is 1.66. The number of carbonyl (C=O) groups is 1. The second kappa shape index (κ2) is 6.49. The van der Waals surface area contributed by atoms with E-state index in [0.29, 0.717) is 24.3 Å². The molecule has 1 rings (SSSR count). The Kier molecular flexibility index (Phi) is 5.27. The SMILES string of the molecule is Cc1ccnc(NCCC(C)S(C)=O)c1C(=O)O. The summed E-state index contributed by atoms with van der Waals surface area (Å²) in [5, 5.41) is 12.2. The fourth-order valence-electron chi connectivity index (χ4n) is 1.52. The van der Waals surface area contributed by atoms with Gasteiger partial charge in [-0.15, -0.1) is 0 Å². The minimum Gasteiger partial charge on any atom is -0.478 e. The third kappa shape index (κ3) is 3.80. The molecule has 1 aromatic rings. The summed E-state index contributed by atoms with van der Waals surface area (Å²) < 4.78 is 11.2. The van der Waals surface area contributed by atoms with Gasteiger partial charge in [0.05, 0.1) is 0 Å². The Morgan fingerprint density at radius 2 is 2.28 bits per heavy atom. The Morgan fingerprint density at radius 1 is 1.61 bits per heavy atom. The zero-order valence-corrected chi connectivity index (χ0v) is 11.6. The number of carboxylic acid groups (broad SMARTS) is 1. The van der Waals surface area contributed by atoms with E-state index in [-0.39, 0.29) is 10.8 Å². The van der Waals surface area contributed by atoms with Crippen molar-refractivity contribution in [2.24, 2.45) is 0 Å². The van der Waals surface area contributed by atoms with Crippen LogP contribution in [0.15, 0.2) is 12.3 Å². The summed E-state index contributed by atoms with van der Waals surface area (Å²) in [6, 6.07) is 1.67. The summed E-state index contributed by atoms with van der Waals surface area (Å²) in [6.07, 6.45) is 3.95. The second-order valence-electron chi connectivity index (χ2n) is 4.18. The second-order valence-corrected chi connectivity index (χ2v) is 5.98. The number of pyridine rings is 1. The number of hydrogen-bond acceptors (Lipinski definition) is 4. The molecule has 0 saturated heterocycles. The van der Waals surface area contributed by atoms with Crippen molar-refractivity contribution in [2.45, 2.75) is 25.5 Å². The number of aromatic nitrogens is 1. The molecule has 0 radical (unpaired) electrons. The van der Waals surface area contributed by atoms with Crippen LogP contribution in [0.3, 0.4) is 0 Å². The third-order valence-corrected chi connectivity index (χ3v) is 4.15. The quantitative estimate of drug-likeness (QED) is 0.821. The molecule has 0 spiro atoms. The molecule has 6 heteroatoms. The standard InChI is InChI=1S/C12H18N2O3S/c1-8-4-6-13-11(10(8)12(15)16)14-7-5-9(2)18(3)17/h4,6,9H,5,7H2,1-3H3,(H,13,14)(H,15,16). The topological polar surface area (TPSA) is 79.3 Å². The first-order valence-corrected chi connectivity index (χ1v) is 7.30. The normalized spacial score (nSPS) is 13.9. The molecule has 0 aromatic carbocycles. The Morgan fingerprint density at radius 3 is 2.83 bits per heavy atom. The minimum absolute atomic E-state index is 0.0792. The van der Waals surface area contributed by atoms with Gasteiger partial charge in [-0.1, -0.05) is 6.92 Å². The molecule has 0 aliphatic heterocycles. The van der Waals surface area contributed by atoms with Gasteiger partial charge >= 0.3 is 5.97 Å². The van der Waals surface area contributed by atoms with Crippen molar-refractivity contribution in [2.75, 3.05) is 18.1 Å². The van der Waals surface area contributed by atoms with Crippen molar-refractivity contribution < 1.29 is 14.1 Å². The maximum Gasteiger partial charge on any atom is 0.339 e. The van der Waals surface area contributed by atoms with Crippen molar-refractivity contribution in [1.29, 1.82) is 0 Å². The lowest BCUT2D eigenvalue weighted by atomic mass is 10.1. The number of aryl methyl sites for hydroxylation is 1. The highest BCUT2D eigenvalue weighted by Gasteiger charge is 2.14. The van der Waals surface area contributed by atoms with Crippen molar-refractivity contribution in [3.63, 3.8) is 0 Å². The van der Waals surface area contributed by atoms with Gasteiger partial charge in [0.1, 0.15) is 11.4 Å². The van der Waals surface area contributed by atoms with E-state index in [4.69, 9.17) is 5.11 Å². The molecule has 100 valence electrons. The Labute approximate surface area is 109 Å². The van der Waals surface area contributed by atoms with E-state index in [0.717, 1.165) is 0 Å². The lowest BCUT2D eigenvalue weighted by Crippen LogP contribution is -2.17. The number of nitrogens with one attached hydrogen (secondary N) is 1. The summed E-state index contributed by atoms with van der Waals surface area (Å²) in [4.78, 5) is 15.2. The molecule has 0 fully saturated rings. The van der Waals surface area contributed by atoms with Crippen molar-refractivity contribution >= 4 is 22.6 Å². The molecule has 0 bridgehead atoms. The minimum atomic E-state index is -0.991. The van der Waals surface area contributed by atoms with Gasteiger partial charge in [0.25, 0.3) is 0 Å². The lowest BCUT2D eigenvalue weighted by Gasteiger charge is -2.12. The molecule has 18 heavy (non-hydrogen) atoms. The molecular weight excluding hydrogens is 252 g/mol. The van der Waals surface area contributed by atoms with Crippen molar-refractivity contribution in [3.8, 4) is 0 Å². The van der Waals surface area contributed by atoms with Gasteiger partial charge in [-0.2, -0.15) is 0 Å². The van der Waals surface area contributed by atoms with Crippen LogP contribution in [0.2, 0.25) is 0 Å². The van der Waals surface area contributed by atoms with Crippen LogP contribution in [0.1, 0.15) is 29.3 Å². The molecule has 5 nitrogen and oxygen atoms in total. The van der Waals surface area contributed by atoms with Crippen LogP contribution in [0.4, 0.5) is 5.82 Å². The molecule has 1 aromatic heterocycles. The van der Waals surface area contributed by atoms with Gasteiger partial charge in [0.2, 0.25) is 0 Å². The summed E-state index contributed by atoms with van der Waals surface area (Å²) >= 11 is 0. The van der Waals surface area contributed by atoms with E-state index in [9.17, 15) is 9.00 Å². The summed E-state index contributed by atoms with van der Waals surface area (Å²) in [6.45, 7) is 4.19. The van der Waals surface area contributed by atoms with Crippen molar-refractivity contribution in [1.82, 2.24) is 4.98 Å². The van der Waals surface area contributed by atoms with Gasteiger partial charge in [-0.25, -0.2) is 9.78 Å². The first kappa shape index (κ1) is 14.6. The fourth-order valence-corrected chi connectivity index (χ4v) is 1.97. The van der Waals surface area contributed by atoms with E-state index >= 15 is 0 Å². The number of anilines is 1. The highest BCUT2D eigenvalue weighted by atomic mass is 32.2. The van der Waals surface area contributed by atoms with E-state index in [1.807, 2.05) is 6.92 Å². The zero-order valence-electron chi connectivity index (χ0n) is 10.8. The number of carboxylic acids is 1. The molecular formula is C12H18N2O3S. The number of hydrogen-bond donors (Lipinski definition) is 2. The van der Waals surface area contributed by atoms with Crippen molar-refractivity contribution in [3.05, 3.63) is 23.4 Å². The Bertz CT molecular complexity index is 463. The molecule has 2 N–H and O–H groups in total. The highest BCUT2D eigenvalue weighted by molar-refractivity contribution is 7.84.